The van der Waals surface area contributed by atoms with Crippen molar-refractivity contribution in [3.63, 3.8) is 0 Å². The van der Waals surface area contributed by atoms with Crippen molar-refractivity contribution in [1.29, 1.82) is 0 Å². The minimum atomic E-state index is -0.479. The van der Waals surface area contributed by atoms with Gasteiger partial charge >= 0.3 is 0 Å². The van der Waals surface area contributed by atoms with E-state index in [1.807, 2.05) is 17.0 Å². The fourth-order valence-electron chi connectivity index (χ4n) is 5.19. The van der Waals surface area contributed by atoms with Crippen LogP contribution < -0.4 is 20.1 Å². The number of amides is 1. The molecular weight excluding hydrogens is 509 g/mol. The highest BCUT2D eigenvalue weighted by molar-refractivity contribution is 6.31. The average molecular weight is 542 g/mol. The predicted molar refractivity (Wildman–Crippen MR) is 146 cm³/mol. The van der Waals surface area contributed by atoms with E-state index in [2.05, 4.69) is 20.6 Å². The maximum Gasteiger partial charge on any atom is 0.222 e. The molecule has 1 amide bonds. The van der Waals surface area contributed by atoms with E-state index in [-0.39, 0.29) is 17.0 Å². The Kier molecular flexibility index (Phi) is 8.44. The molecule has 1 aliphatic heterocycles. The van der Waals surface area contributed by atoms with Gasteiger partial charge in [-0.1, -0.05) is 11.6 Å². The smallest absolute Gasteiger partial charge is 0.222 e. The standard InChI is InChI=1S/C28H33ClFN5O3/c1-37-25-16-24-21(28(33-17-32-24)34-19-7-10-23(30)22(29)14-19)15-26(25)38-20-8-5-18(6-9-20)31-11-13-35-12-3-2-4-27(35)36/h7,10,14-18,20,31H,2-6,8-9,11-13H2,1H3,(H,32,33,34). The Hall–Kier alpha value is -3.17. The molecule has 10 heteroatoms. The van der Waals surface area contributed by atoms with Crippen LogP contribution in [0.3, 0.4) is 0 Å². The molecule has 2 aliphatic rings. The molecular formula is C28H33ClFN5O3. The van der Waals surface area contributed by atoms with Gasteiger partial charge < -0.3 is 25.0 Å². The van der Waals surface area contributed by atoms with Crippen molar-refractivity contribution in [3.05, 3.63) is 47.5 Å². The molecule has 1 aliphatic carbocycles. The Morgan fingerprint density at radius 2 is 1.95 bits per heavy atom. The summed E-state index contributed by atoms with van der Waals surface area (Å²) in [6.45, 7) is 2.50. The number of methoxy groups -OCH3 is 1. The monoisotopic (exact) mass is 541 g/mol. The number of nitrogens with zero attached hydrogens (tertiary/aromatic N) is 3. The number of fused-ring (bicyclic) bond motifs is 1. The maximum atomic E-state index is 13.6. The summed E-state index contributed by atoms with van der Waals surface area (Å²) in [6.07, 6.45) is 8.21. The van der Waals surface area contributed by atoms with Crippen molar-refractivity contribution in [1.82, 2.24) is 20.2 Å². The van der Waals surface area contributed by atoms with Gasteiger partial charge in [0, 0.05) is 49.2 Å². The number of hydrogen-bond acceptors (Lipinski definition) is 7. The molecule has 5 rings (SSSR count). The summed E-state index contributed by atoms with van der Waals surface area (Å²) in [5, 5.41) is 7.62. The van der Waals surface area contributed by atoms with Gasteiger partial charge in [-0.2, -0.15) is 0 Å². The lowest BCUT2D eigenvalue weighted by atomic mass is 9.93. The van der Waals surface area contributed by atoms with Crippen LogP contribution in [-0.4, -0.2) is 59.7 Å². The van der Waals surface area contributed by atoms with Crippen molar-refractivity contribution in [2.24, 2.45) is 0 Å². The van der Waals surface area contributed by atoms with Crippen molar-refractivity contribution < 1.29 is 18.7 Å². The second-order valence-corrected chi connectivity index (χ2v) is 10.3. The van der Waals surface area contributed by atoms with Crippen LogP contribution >= 0.6 is 11.6 Å². The van der Waals surface area contributed by atoms with Gasteiger partial charge in [-0.3, -0.25) is 4.79 Å². The second kappa shape index (κ2) is 12.1. The topological polar surface area (TPSA) is 88.6 Å². The molecule has 1 aromatic heterocycles. The fraction of sp³-hybridized carbons (Fsp3) is 0.464. The normalized spacial score (nSPS) is 20.0. The number of rotatable bonds is 9. The Morgan fingerprint density at radius 1 is 1.11 bits per heavy atom. The van der Waals surface area contributed by atoms with Crippen molar-refractivity contribution in [2.45, 2.75) is 57.1 Å². The van der Waals surface area contributed by atoms with E-state index in [0.717, 1.165) is 63.5 Å². The number of hydrogen-bond donors (Lipinski definition) is 2. The molecule has 1 saturated heterocycles. The molecule has 2 N–H and O–H groups in total. The number of likely N-dealkylation sites (tertiary alicyclic amines) is 1. The number of anilines is 2. The molecule has 0 spiro atoms. The Balaban J connectivity index is 1.22. The van der Waals surface area contributed by atoms with Gasteiger partial charge in [0.2, 0.25) is 5.91 Å². The minimum Gasteiger partial charge on any atom is -0.493 e. The van der Waals surface area contributed by atoms with Crippen molar-refractivity contribution >= 4 is 39.9 Å². The highest BCUT2D eigenvalue weighted by Gasteiger charge is 2.24. The average Bonchev–Trinajstić information content (AvgIpc) is 2.93. The number of benzene rings is 2. The summed E-state index contributed by atoms with van der Waals surface area (Å²) in [7, 11) is 1.61. The largest absolute Gasteiger partial charge is 0.493 e. The number of piperidine rings is 1. The molecule has 1 saturated carbocycles. The van der Waals surface area contributed by atoms with E-state index in [4.69, 9.17) is 21.1 Å². The van der Waals surface area contributed by atoms with Crippen LogP contribution in [0.4, 0.5) is 15.9 Å². The highest BCUT2D eigenvalue weighted by Crippen LogP contribution is 2.37. The van der Waals surface area contributed by atoms with Gasteiger partial charge in [0.25, 0.3) is 0 Å². The molecule has 8 nitrogen and oxygen atoms in total. The third kappa shape index (κ3) is 6.27. The van der Waals surface area contributed by atoms with Crippen LogP contribution in [0.2, 0.25) is 5.02 Å². The first-order valence-corrected chi connectivity index (χ1v) is 13.6. The summed E-state index contributed by atoms with van der Waals surface area (Å²) in [5.74, 6) is 1.61. The number of aromatic nitrogens is 2. The van der Waals surface area contributed by atoms with Crippen LogP contribution in [0.15, 0.2) is 36.7 Å². The Bertz CT molecular complexity index is 1280. The molecule has 0 radical (unpaired) electrons. The van der Waals surface area contributed by atoms with E-state index >= 15 is 0 Å². The maximum absolute atomic E-state index is 13.6. The molecule has 0 atom stereocenters. The Labute approximate surface area is 226 Å². The van der Waals surface area contributed by atoms with E-state index in [1.54, 1.807) is 13.2 Å². The van der Waals surface area contributed by atoms with Crippen molar-refractivity contribution in [2.75, 3.05) is 32.1 Å². The minimum absolute atomic E-state index is 0.0316. The molecule has 2 aromatic carbocycles. The SMILES string of the molecule is COc1cc2ncnc(Nc3ccc(F)c(Cl)c3)c2cc1OC1CCC(NCCN2CCCCC2=O)CC1. The third-order valence-corrected chi connectivity index (χ3v) is 7.60. The third-order valence-electron chi connectivity index (χ3n) is 7.31. The quantitative estimate of drug-likeness (QED) is 0.371. The van der Waals surface area contributed by atoms with Crippen LogP contribution in [0, 0.1) is 5.82 Å². The highest BCUT2D eigenvalue weighted by atomic mass is 35.5. The summed E-state index contributed by atoms with van der Waals surface area (Å²) in [4.78, 5) is 22.8. The number of nitrogens with one attached hydrogen (secondary N) is 2. The summed E-state index contributed by atoms with van der Waals surface area (Å²) in [6, 6.07) is 8.59. The lowest BCUT2D eigenvalue weighted by molar-refractivity contribution is -0.133. The number of carbonyl (C=O) groups excluding carboxylic acids is 1. The summed E-state index contributed by atoms with van der Waals surface area (Å²) < 4.78 is 25.6. The lowest BCUT2D eigenvalue weighted by Gasteiger charge is -2.31. The van der Waals surface area contributed by atoms with E-state index in [0.29, 0.717) is 41.0 Å². The van der Waals surface area contributed by atoms with Crippen LogP contribution in [0.1, 0.15) is 44.9 Å². The van der Waals surface area contributed by atoms with Gasteiger partial charge in [-0.05, 0) is 62.8 Å². The van der Waals surface area contributed by atoms with Gasteiger partial charge in [-0.15, -0.1) is 0 Å². The van der Waals surface area contributed by atoms with Gasteiger partial charge in [0.05, 0.1) is 23.8 Å². The molecule has 2 heterocycles. The molecule has 202 valence electrons. The molecule has 0 unspecified atom stereocenters. The molecule has 0 bridgehead atoms. The molecule has 38 heavy (non-hydrogen) atoms. The van der Waals surface area contributed by atoms with Gasteiger partial charge in [0.1, 0.15) is 18.0 Å². The zero-order valence-electron chi connectivity index (χ0n) is 21.5. The molecule has 3 aromatic rings. The van der Waals surface area contributed by atoms with E-state index in [1.165, 1.54) is 18.5 Å². The first-order valence-electron chi connectivity index (χ1n) is 13.2. The fourth-order valence-corrected chi connectivity index (χ4v) is 5.37. The first-order chi connectivity index (χ1) is 18.5. The second-order valence-electron chi connectivity index (χ2n) is 9.88. The zero-order valence-corrected chi connectivity index (χ0v) is 22.3. The summed E-state index contributed by atoms with van der Waals surface area (Å²) >= 11 is 5.95. The predicted octanol–water partition coefficient (Wildman–Crippen LogP) is 5.47. The van der Waals surface area contributed by atoms with Gasteiger partial charge in [0.15, 0.2) is 11.5 Å². The summed E-state index contributed by atoms with van der Waals surface area (Å²) in [5.41, 5.74) is 1.31. The van der Waals surface area contributed by atoms with E-state index in [9.17, 15) is 9.18 Å². The van der Waals surface area contributed by atoms with Crippen LogP contribution in [0.5, 0.6) is 11.5 Å². The molecule has 2 fully saturated rings. The zero-order chi connectivity index (χ0) is 26.5. The van der Waals surface area contributed by atoms with Crippen LogP contribution in [0.25, 0.3) is 10.9 Å². The van der Waals surface area contributed by atoms with Crippen LogP contribution in [-0.2, 0) is 4.79 Å². The number of carbonyl (C=O) groups is 1. The lowest BCUT2D eigenvalue weighted by Crippen LogP contribution is -2.43. The Morgan fingerprint density at radius 3 is 2.71 bits per heavy atom. The number of halogens is 2. The first kappa shape index (κ1) is 26.4. The van der Waals surface area contributed by atoms with Gasteiger partial charge in [-0.25, -0.2) is 14.4 Å². The van der Waals surface area contributed by atoms with E-state index < -0.39 is 5.82 Å². The number of ether oxygens (including phenoxy) is 2. The van der Waals surface area contributed by atoms with Crippen molar-refractivity contribution in [3.8, 4) is 11.5 Å².